The zero-order valence-corrected chi connectivity index (χ0v) is 11.1. The number of hydrogen-bond acceptors (Lipinski definition) is 2. The van der Waals surface area contributed by atoms with E-state index in [0.29, 0.717) is 13.0 Å². The first kappa shape index (κ1) is 12.7. The third-order valence-electron chi connectivity index (χ3n) is 3.65. The first-order valence-electron chi connectivity index (χ1n) is 6.86. The molecule has 3 N–H and O–H groups in total. The third kappa shape index (κ3) is 2.52. The molecule has 2 aromatic rings. The number of piperidine rings is 1. The molecule has 20 heavy (non-hydrogen) atoms. The van der Waals surface area contributed by atoms with E-state index in [2.05, 4.69) is 15.6 Å². The Kier molecular flexibility index (Phi) is 3.41. The van der Waals surface area contributed by atoms with Crippen molar-refractivity contribution in [2.45, 2.75) is 25.3 Å². The summed E-state index contributed by atoms with van der Waals surface area (Å²) < 4.78 is 0. The van der Waals surface area contributed by atoms with Crippen LogP contribution in [0.5, 0.6) is 0 Å². The molecule has 1 saturated heterocycles. The second kappa shape index (κ2) is 5.36. The van der Waals surface area contributed by atoms with E-state index in [1.807, 2.05) is 30.5 Å². The molecule has 0 radical (unpaired) electrons. The van der Waals surface area contributed by atoms with Crippen LogP contribution in [0.15, 0.2) is 30.5 Å². The molecule has 3 rings (SSSR count). The van der Waals surface area contributed by atoms with Crippen LogP contribution in [-0.2, 0) is 16.0 Å². The predicted molar refractivity (Wildman–Crippen MR) is 76.2 cm³/mol. The number of amides is 2. The van der Waals surface area contributed by atoms with Crippen LogP contribution < -0.4 is 10.6 Å². The summed E-state index contributed by atoms with van der Waals surface area (Å²) in [6.07, 6.45) is 3.76. The highest BCUT2D eigenvalue weighted by Crippen LogP contribution is 2.18. The van der Waals surface area contributed by atoms with E-state index in [1.165, 1.54) is 0 Å². The molecular weight excluding hydrogens is 254 g/mol. The molecule has 104 valence electrons. The minimum atomic E-state index is -0.388. The molecule has 0 saturated carbocycles. The maximum absolute atomic E-state index is 12.1. The Bertz CT molecular complexity index is 647. The van der Waals surface area contributed by atoms with Gasteiger partial charge in [-0.3, -0.25) is 9.59 Å². The van der Waals surface area contributed by atoms with Crippen LogP contribution in [-0.4, -0.2) is 29.4 Å². The second-order valence-corrected chi connectivity index (χ2v) is 5.09. The largest absolute Gasteiger partial charge is 0.361 e. The number of benzene rings is 1. The minimum absolute atomic E-state index is 0.0801. The van der Waals surface area contributed by atoms with Gasteiger partial charge in [0.2, 0.25) is 11.8 Å². The SMILES string of the molecule is O=C(Cc1c[nH]c2ccccc12)N[C@H]1CCCNC1=O. The van der Waals surface area contributed by atoms with Crippen molar-refractivity contribution in [3.8, 4) is 0 Å². The lowest BCUT2D eigenvalue weighted by Gasteiger charge is -2.22. The standard InChI is InChI=1S/C15H17N3O2/c19-14(18-13-6-3-7-16-15(13)20)8-10-9-17-12-5-2-1-4-11(10)12/h1-2,4-5,9,13,17H,3,6-8H2,(H,16,20)(H,18,19)/t13-/m0/s1. The fraction of sp³-hybridized carbons (Fsp3) is 0.333. The minimum Gasteiger partial charge on any atom is -0.361 e. The van der Waals surface area contributed by atoms with Gasteiger partial charge in [-0.2, -0.15) is 0 Å². The molecule has 0 unspecified atom stereocenters. The van der Waals surface area contributed by atoms with Crippen LogP contribution in [0.2, 0.25) is 0 Å². The van der Waals surface area contributed by atoms with Gasteiger partial charge in [-0.25, -0.2) is 0 Å². The van der Waals surface area contributed by atoms with Gasteiger partial charge in [-0.1, -0.05) is 18.2 Å². The summed E-state index contributed by atoms with van der Waals surface area (Å²) in [5, 5.41) is 6.62. The van der Waals surface area contributed by atoms with Crippen LogP contribution in [0, 0.1) is 0 Å². The van der Waals surface area contributed by atoms with Gasteiger partial charge in [0.25, 0.3) is 0 Å². The summed E-state index contributed by atoms with van der Waals surface area (Å²) in [6, 6.07) is 7.48. The van der Waals surface area contributed by atoms with E-state index in [1.54, 1.807) is 0 Å². The molecule has 5 nitrogen and oxygen atoms in total. The van der Waals surface area contributed by atoms with Crippen LogP contribution in [0.25, 0.3) is 10.9 Å². The molecule has 0 aliphatic carbocycles. The number of fused-ring (bicyclic) bond motifs is 1. The summed E-state index contributed by atoms with van der Waals surface area (Å²) in [7, 11) is 0. The van der Waals surface area contributed by atoms with E-state index in [-0.39, 0.29) is 24.3 Å². The lowest BCUT2D eigenvalue weighted by Crippen LogP contribution is -2.50. The third-order valence-corrected chi connectivity index (χ3v) is 3.65. The molecule has 1 aromatic heterocycles. The van der Waals surface area contributed by atoms with Crippen molar-refractivity contribution in [3.63, 3.8) is 0 Å². The van der Waals surface area contributed by atoms with Crippen LogP contribution in [0.4, 0.5) is 0 Å². The van der Waals surface area contributed by atoms with E-state index >= 15 is 0 Å². The Morgan fingerprint density at radius 2 is 2.20 bits per heavy atom. The summed E-state index contributed by atoms with van der Waals surface area (Å²) >= 11 is 0. The first-order chi connectivity index (χ1) is 9.74. The number of hydrogen-bond donors (Lipinski definition) is 3. The molecule has 1 fully saturated rings. The molecule has 1 aliphatic heterocycles. The Labute approximate surface area is 116 Å². The molecule has 2 heterocycles. The van der Waals surface area contributed by atoms with Gasteiger partial charge in [0.05, 0.1) is 6.42 Å². The average Bonchev–Trinajstić information content (AvgIpc) is 2.85. The monoisotopic (exact) mass is 271 g/mol. The van der Waals surface area contributed by atoms with Crippen molar-refractivity contribution in [2.75, 3.05) is 6.54 Å². The molecule has 1 aromatic carbocycles. The first-order valence-corrected chi connectivity index (χ1v) is 6.86. The van der Waals surface area contributed by atoms with Gasteiger partial charge in [0, 0.05) is 23.6 Å². The smallest absolute Gasteiger partial charge is 0.242 e. The van der Waals surface area contributed by atoms with Crippen LogP contribution >= 0.6 is 0 Å². The Morgan fingerprint density at radius 1 is 1.35 bits per heavy atom. The maximum Gasteiger partial charge on any atom is 0.242 e. The number of carbonyl (C=O) groups is 2. The highest BCUT2D eigenvalue weighted by atomic mass is 16.2. The number of H-pyrrole nitrogens is 1. The van der Waals surface area contributed by atoms with E-state index in [4.69, 9.17) is 0 Å². The molecule has 0 bridgehead atoms. The summed E-state index contributed by atoms with van der Waals surface area (Å²) in [5.74, 6) is -0.194. The van der Waals surface area contributed by atoms with Crippen LogP contribution in [0.3, 0.4) is 0 Å². The van der Waals surface area contributed by atoms with Gasteiger partial charge < -0.3 is 15.6 Å². The summed E-state index contributed by atoms with van der Waals surface area (Å²) in [5.41, 5.74) is 1.97. The lowest BCUT2D eigenvalue weighted by atomic mass is 10.1. The quantitative estimate of drug-likeness (QED) is 0.782. The Balaban J connectivity index is 1.68. The number of rotatable bonds is 3. The van der Waals surface area contributed by atoms with Gasteiger partial charge in [-0.15, -0.1) is 0 Å². The number of aromatic nitrogens is 1. The molecule has 1 aliphatic rings. The van der Waals surface area contributed by atoms with Crippen molar-refractivity contribution in [2.24, 2.45) is 0 Å². The molecule has 5 heteroatoms. The van der Waals surface area contributed by atoms with E-state index < -0.39 is 0 Å². The zero-order chi connectivity index (χ0) is 13.9. The number of aromatic amines is 1. The predicted octanol–water partition coefficient (Wildman–Crippen LogP) is 1.11. The normalized spacial score (nSPS) is 18.8. The fourth-order valence-electron chi connectivity index (χ4n) is 2.61. The maximum atomic E-state index is 12.1. The lowest BCUT2D eigenvalue weighted by molar-refractivity contribution is -0.129. The van der Waals surface area contributed by atoms with Crippen LogP contribution in [0.1, 0.15) is 18.4 Å². The molecule has 1 atom stereocenters. The van der Waals surface area contributed by atoms with Crippen molar-refractivity contribution >= 4 is 22.7 Å². The average molecular weight is 271 g/mol. The number of carbonyl (C=O) groups excluding carboxylic acids is 2. The fourth-order valence-corrected chi connectivity index (χ4v) is 2.61. The highest BCUT2D eigenvalue weighted by molar-refractivity contribution is 5.92. The Morgan fingerprint density at radius 3 is 3.05 bits per heavy atom. The zero-order valence-electron chi connectivity index (χ0n) is 11.1. The van der Waals surface area contributed by atoms with Crippen molar-refractivity contribution in [1.29, 1.82) is 0 Å². The van der Waals surface area contributed by atoms with Crippen molar-refractivity contribution in [1.82, 2.24) is 15.6 Å². The van der Waals surface area contributed by atoms with Gasteiger partial charge >= 0.3 is 0 Å². The van der Waals surface area contributed by atoms with E-state index in [0.717, 1.165) is 22.9 Å². The van der Waals surface area contributed by atoms with Crippen molar-refractivity contribution < 1.29 is 9.59 Å². The topological polar surface area (TPSA) is 74.0 Å². The Hall–Kier alpha value is -2.30. The molecule has 2 amide bonds. The van der Waals surface area contributed by atoms with Gasteiger partial charge in [0.1, 0.15) is 6.04 Å². The summed E-state index contributed by atoms with van der Waals surface area (Å²) in [6.45, 7) is 0.702. The van der Waals surface area contributed by atoms with E-state index in [9.17, 15) is 9.59 Å². The molecular formula is C15H17N3O2. The van der Waals surface area contributed by atoms with Crippen molar-refractivity contribution in [3.05, 3.63) is 36.0 Å². The summed E-state index contributed by atoms with van der Waals surface area (Å²) in [4.78, 5) is 26.8. The second-order valence-electron chi connectivity index (χ2n) is 5.09. The highest BCUT2D eigenvalue weighted by Gasteiger charge is 2.23. The molecule has 0 spiro atoms. The number of para-hydroxylation sites is 1. The van der Waals surface area contributed by atoms with Gasteiger partial charge in [0.15, 0.2) is 0 Å². The number of nitrogens with one attached hydrogen (secondary N) is 3. The van der Waals surface area contributed by atoms with Gasteiger partial charge in [-0.05, 0) is 24.5 Å².